The maximum Gasteiger partial charge on any atom is 0.412 e. The maximum atomic E-state index is 11.5. The molecular formula is C12H18N2O2. The molecule has 0 fully saturated rings. The molecule has 0 spiro atoms. The summed E-state index contributed by atoms with van der Waals surface area (Å²) in [6.07, 6.45) is 1.39. The van der Waals surface area contributed by atoms with Crippen LogP contribution in [0.5, 0.6) is 5.75 Å². The minimum Gasteiger partial charge on any atom is -0.410 e. The lowest BCUT2D eigenvalue weighted by molar-refractivity contribution is 0.195. The van der Waals surface area contributed by atoms with E-state index in [1.54, 1.807) is 12.1 Å². The Kier molecular flexibility index (Phi) is 5.36. The van der Waals surface area contributed by atoms with Crippen molar-refractivity contribution in [3.05, 3.63) is 30.3 Å². The molecule has 0 heterocycles. The van der Waals surface area contributed by atoms with Gasteiger partial charge < -0.3 is 15.8 Å². The number of carbonyl (C=O) groups is 1. The van der Waals surface area contributed by atoms with Crippen molar-refractivity contribution in [1.29, 1.82) is 0 Å². The van der Waals surface area contributed by atoms with Gasteiger partial charge >= 0.3 is 6.09 Å². The van der Waals surface area contributed by atoms with Crippen LogP contribution in [0.2, 0.25) is 0 Å². The summed E-state index contributed by atoms with van der Waals surface area (Å²) >= 11 is 0. The third kappa shape index (κ3) is 4.31. The number of amides is 1. The van der Waals surface area contributed by atoms with E-state index in [4.69, 9.17) is 10.5 Å². The normalized spacial score (nSPS) is 11.9. The first kappa shape index (κ1) is 12.5. The molecule has 1 atom stereocenters. The second kappa shape index (κ2) is 6.85. The fourth-order valence-corrected chi connectivity index (χ4v) is 1.39. The zero-order chi connectivity index (χ0) is 11.8. The molecule has 0 aliphatic heterocycles. The Balaban J connectivity index is 2.41. The molecule has 4 heteroatoms. The zero-order valence-corrected chi connectivity index (χ0v) is 9.48. The summed E-state index contributed by atoms with van der Waals surface area (Å²) in [4.78, 5) is 11.5. The summed E-state index contributed by atoms with van der Waals surface area (Å²) in [6, 6.07) is 8.95. The molecule has 1 unspecified atom stereocenters. The van der Waals surface area contributed by atoms with E-state index in [2.05, 4.69) is 5.32 Å². The Hall–Kier alpha value is -1.55. The Labute approximate surface area is 95.8 Å². The molecule has 16 heavy (non-hydrogen) atoms. The Morgan fingerprint density at radius 3 is 2.69 bits per heavy atom. The Morgan fingerprint density at radius 1 is 1.44 bits per heavy atom. The third-order valence-corrected chi connectivity index (χ3v) is 2.20. The average Bonchev–Trinajstić information content (AvgIpc) is 2.29. The second-order valence-corrected chi connectivity index (χ2v) is 3.57. The van der Waals surface area contributed by atoms with Crippen LogP contribution in [-0.2, 0) is 0 Å². The highest BCUT2D eigenvalue weighted by atomic mass is 16.6. The van der Waals surface area contributed by atoms with Crippen LogP contribution in [0.25, 0.3) is 0 Å². The van der Waals surface area contributed by atoms with Gasteiger partial charge in [0.05, 0.1) is 0 Å². The minimum atomic E-state index is -0.449. The first-order valence-corrected chi connectivity index (χ1v) is 5.49. The van der Waals surface area contributed by atoms with E-state index in [0.717, 1.165) is 12.8 Å². The molecule has 0 saturated heterocycles. The molecule has 0 saturated carbocycles. The van der Waals surface area contributed by atoms with Gasteiger partial charge in [0, 0.05) is 12.6 Å². The van der Waals surface area contributed by atoms with E-state index < -0.39 is 6.09 Å². The summed E-state index contributed by atoms with van der Waals surface area (Å²) in [5.74, 6) is 0.535. The highest BCUT2D eigenvalue weighted by Gasteiger charge is 2.10. The molecular weight excluding hydrogens is 204 g/mol. The quantitative estimate of drug-likeness (QED) is 0.799. The largest absolute Gasteiger partial charge is 0.412 e. The number of hydrogen-bond donors (Lipinski definition) is 2. The predicted octanol–water partition coefficient (Wildman–Crippen LogP) is 1.90. The van der Waals surface area contributed by atoms with Crippen LogP contribution in [0, 0.1) is 0 Å². The molecule has 88 valence electrons. The number of nitrogens with one attached hydrogen (secondary N) is 1. The summed E-state index contributed by atoms with van der Waals surface area (Å²) in [7, 11) is 0. The lowest BCUT2D eigenvalue weighted by atomic mass is 10.2. The number of ether oxygens (including phenoxy) is 1. The fourth-order valence-electron chi connectivity index (χ4n) is 1.39. The van der Waals surface area contributed by atoms with Crippen LogP contribution in [0.15, 0.2) is 30.3 Å². The number of rotatable bonds is 5. The van der Waals surface area contributed by atoms with Crippen LogP contribution >= 0.6 is 0 Å². The molecule has 0 aliphatic carbocycles. The first-order valence-electron chi connectivity index (χ1n) is 5.49. The lowest BCUT2D eigenvalue weighted by Gasteiger charge is -2.15. The maximum absolute atomic E-state index is 11.5. The highest BCUT2D eigenvalue weighted by Crippen LogP contribution is 2.08. The van der Waals surface area contributed by atoms with Crippen LogP contribution in [0.3, 0.4) is 0 Å². The van der Waals surface area contributed by atoms with Crippen molar-refractivity contribution in [2.24, 2.45) is 5.73 Å². The molecule has 3 N–H and O–H groups in total. The highest BCUT2D eigenvalue weighted by molar-refractivity contribution is 5.70. The van der Waals surface area contributed by atoms with E-state index in [9.17, 15) is 4.79 Å². The van der Waals surface area contributed by atoms with E-state index in [1.807, 2.05) is 25.1 Å². The van der Waals surface area contributed by atoms with Crippen molar-refractivity contribution in [2.45, 2.75) is 25.8 Å². The number of nitrogens with two attached hydrogens (primary N) is 1. The van der Waals surface area contributed by atoms with Gasteiger partial charge in [0.15, 0.2) is 0 Å². The Morgan fingerprint density at radius 2 is 2.12 bits per heavy atom. The summed E-state index contributed by atoms with van der Waals surface area (Å²) in [5.41, 5.74) is 5.53. The van der Waals surface area contributed by atoms with Crippen LogP contribution < -0.4 is 15.8 Å². The molecule has 0 radical (unpaired) electrons. The van der Waals surface area contributed by atoms with Crippen LogP contribution in [0.1, 0.15) is 19.8 Å². The van der Waals surface area contributed by atoms with Gasteiger partial charge in [0.2, 0.25) is 0 Å². The van der Waals surface area contributed by atoms with E-state index in [1.165, 1.54) is 0 Å². The van der Waals surface area contributed by atoms with Gasteiger partial charge in [-0.3, -0.25) is 0 Å². The molecule has 0 aromatic heterocycles. The number of para-hydroxylation sites is 1. The van der Waals surface area contributed by atoms with Crippen molar-refractivity contribution >= 4 is 6.09 Å². The van der Waals surface area contributed by atoms with Gasteiger partial charge in [-0.25, -0.2) is 4.79 Å². The second-order valence-electron chi connectivity index (χ2n) is 3.57. The van der Waals surface area contributed by atoms with Gasteiger partial charge in [0.25, 0.3) is 0 Å². The SMILES string of the molecule is CCCC(CN)NC(=O)Oc1ccccc1. The van der Waals surface area contributed by atoms with Crippen LogP contribution in [0.4, 0.5) is 4.79 Å². The van der Waals surface area contributed by atoms with Gasteiger partial charge in [-0.1, -0.05) is 31.5 Å². The van der Waals surface area contributed by atoms with Gasteiger partial charge in [-0.2, -0.15) is 0 Å². The van der Waals surface area contributed by atoms with Crippen molar-refractivity contribution in [3.63, 3.8) is 0 Å². The average molecular weight is 222 g/mol. The third-order valence-electron chi connectivity index (χ3n) is 2.20. The van der Waals surface area contributed by atoms with Crippen molar-refractivity contribution < 1.29 is 9.53 Å². The molecule has 1 amide bonds. The number of hydrogen-bond acceptors (Lipinski definition) is 3. The number of benzene rings is 1. The van der Waals surface area contributed by atoms with Gasteiger partial charge in [-0.05, 0) is 18.6 Å². The minimum absolute atomic E-state index is 0.0128. The monoisotopic (exact) mass is 222 g/mol. The van der Waals surface area contributed by atoms with Crippen LogP contribution in [-0.4, -0.2) is 18.7 Å². The lowest BCUT2D eigenvalue weighted by Crippen LogP contribution is -2.41. The molecule has 1 aromatic rings. The molecule has 1 rings (SSSR count). The first-order chi connectivity index (χ1) is 7.76. The summed E-state index contributed by atoms with van der Waals surface area (Å²) < 4.78 is 5.09. The topological polar surface area (TPSA) is 64.3 Å². The zero-order valence-electron chi connectivity index (χ0n) is 9.48. The van der Waals surface area contributed by atoms with Crippen molar-refractivity contribution in [1.82, 2.24) is 5.32 Å². The predicted molar refractivity (Wildman–Crippen MR) is 63.4 cm³/mol. The van der Waals surface area contributed by atoms with Crippen molar-refractivity contribution in [3.8, 4) is 5.75 Å². The Bertz CT molecular complexity index is 314. The summed E-state index contributed by atoms with van der Waals surface area (Å²) in [6.45, 7) is 2.48. The fraction of sp³-hybridized carbons (Fsp3) is 0.417. The molecule has 4 nitrogen and oxygen atoms in total. The molecule has 0 aliphatic rings. The van der Waals surface area contributed by atoms with Gasteiger partial charge in [0.1, 0.15) is 5.75 Å². The molecule has 1 aromatic carbocycles. The molecule has 0 bridgehead atoms. The van der Waals surface area contributed by atoms with Crippen molar-refractivity contribution in [2.75, 3.05) is 6.54 Å². The van der Waals surface area contributed by atoms with E-state index in [0.29, 0.717) is 12.3 Å². The van der Waals surface area contributed by atoms with E-state index >= 15 is 0 Å². The smallest absolute Gasteiger partial charge is 0.410 e. The summed E-state index contributed by atoms with van der Waals surface area (Å²) in [5, 5.41) is 2.73. The van der Waals surface area contributed by atoms with Gasteiger partial charge in [-0.15, -0.1) is 0 Å². The van der Waals surface area contributed by atoms with E-state index in [-0.39, 0.29) is 6.04 Å². The number of carbonyl (C=O) groups excluding carboxylic acids is 1. The standard InChI is InChI=1S/C12H18N2O2/c1-2-6-10(9-13)14-12(15)16-11-7-4-3-5-8-11/h3-5,7-8,10H,2,6,9,13H2,1H3,(H,14,15).